The molecular formula is C32H50N2O3. The fourth-order valence-electron chi connectivity index (χ4n) is 2.82. The van der Waals surface area contributed by atoms with Crippen molar-refractivity contribution in [1.29, 1.82) is 0 Å². The van der Waals surface area contributed by atoms with E-state index < -0.39 is 6.09 Å². The molecule has 2 N–H and O–H groups in total. The van der Waals surface area contributed by atoms with Gasteiger partial charge < -0.3 is 10.5 Å². The molecule has 5 heteroatoms. The van der Waals surface area contributed by atoms with E-state index in [1.54, 1.807) is 24.3 Å². The van der Waals surface area contributed by atoms with Crippen molar-refractivity contribution < 1.29 is 14.3 Å². The summed E-state index contributed by atoms with van der Waals surface area (Å²) in [5.74, 6) is -0.299. The van der Waals surface area contributed by atoms with Crippen LogP contribution in [0.2, 0.25) is 0 Å². The van der Waals surface area contributed by atoms with Gasteiger partial charge in [0.2, 0.25) is 5.91 Å². The number of rotatable bonds is 5. The van der Waals surface area contributed by atoms with Crippen LogP contribution in [-0.2, 0) is 16.0 Å². The Kier molecular flexibility index (Phi) is 24.7. The van der Waals surface area contributed by atoms with Crippen molar-refractivity contribution in [2.75, 3.05) is 18.9 Å². The SMILES string of the molecule is C.C=C/C=C(\C=C)c1cc(N)cc(CC(=O)N2CCOC2=O)c1.CC.CC.CCC.Cc1ccccc1. The summed E-state index contributed by atoms with van der Waals surface area (Å²) in [6.45, 7) is 22.3. The van der Waals surface area contributed by atoms with Gasteiger partial charge in [0.15, 0.2) is 0 Å². The first kappa shape index (κ1) is 37.9. The molecule has 0 bridgehead atoms. The summed E-state index contributed by atoms with van der Waals surface area (Å²) in [6.07, 6.45) is 5.91. The van der Waals surface area contributed by atoms with Crippen LogP contribution in [0, 0.1) is 6.92 Å². The zero-order chi connectivity index (χ0) is 27.9. The minimum Gasteiger partial charge on any atom is -0.447 e. The molecule has 1 saturated heterocycles. The first-order valence-corrected chi connectivity index (χ1v) is 12.7. The third-order valence-electron chi connectivity index (χ3n) is 4.22. The van der Waals surface area contributed by atoms with Gasteiger partial charge in [0.05, 0.1) is 13.0 Å². The second kappa shape index (κ2) is 24.1. The summed E-state index contributed by atoms with van der Waals surface area (Å²) < 4.78 is 4.77. The van der Waals surface area contributed by atoms with Crippen LogP contribution in [0.1, 0.15) is 72.1 Å². The number of aryl methyl sites for hydroxylation is 1. The van der Waals surface area contributed by atoms with E-state index in [9.17, 15) is 9.59 Å². The zero-order valence-corrected chi connectivity index (χ0v) is 23.3. The molecule has 0 saturated carbocycles. The Bertz CT molecular complexity index is 934. The number of benzene rings is 2. The highest BCUT2D eigenvalue weighted by Crippen LogP contribution is 2.22. The first-order chi connectivity index (χ1) is 17.4. The number of hydrogen-bond acceptors (Lipinski definition) is 4. The van der Waals surface area contributed by atoms with E-state index in [1.165, 1.54) is 12.0 Å². The van der Waals surface area contributed by atoms with Gasteiger partial charge in [0.1, 0.15) is 6.61 Å². The molecule has 1 fully saturated rings. The van der Waals surface area contributed by atoms with Gasteiger partial charge in [-0.05, 0) is 35.8 Å². The molecule has 37 heavy (non-hydrogen) atoms. The third kappa shape index (κ3) is 15.9. The zero-order valence-electron chi connectivity index (χ0n) is 23.3. The van der Waals surface area contributed by atoms with Gasteiger partial charge in [0.25, 0.3) is 0 Å². The number of ether oxygens (including phenoxy) is 1. The van der Waals surface area contributed by atoms with Gasteiger partial charge in [-0.2, -0.15) is 0 Å². The van der Waals surface area contributed by atoms with E-state index in [4.69, 9.17) is 10.5 Å². The van der Waals surface area contributed by atoms with Gasteiger partial charge in [-0.25, -0.2) is 9.69 Å². The maximum Gasteiger partial charge on any atom is 0.416 e. The summed E-state index contributed by atoms with van der Waals surface area (Å²) in [5.41, 5.74) is 10.2. The van der Waals surface area contributed by atoms with Gasteiger partial charge in [0, 0.05) is 5.69 Å². The van der Waals surface area contributed by atoms with Crippen LogP contribution in [-0.4, -0.2) is 30.1 Å². The van der Waals surface area contributed by atoms with Crippen molar-refractivity contribution in [2.45, 2.75) is 68.7 Å². The third-order valence-corrected chi connectivity index (χ3v) is 4.22. The van der Waals surface area contributed by atoms with Crippen LogP contribution in [0.4, 0.5) is 10.5 Å². The molecule has 2 aromatic carbocycles. The molecule has 0 unspecified atom stereocenters. The Morgan fingerprint density at radius 3 is 2.03 bits per heavy atom. The molecule has 0 radical (unpaired) electrons. The van der Waals surface area contributed by atoms with Crippen molar-refractivity contribution in [1.82, 2.24) is 4.90 Å². The molecule has 0 atom stereocenters. The number of allylic oxidation sites excluding steroid dienone is 4. The Morgan fingerprint density at radius 2 is 1.62 bits per heavy atom. The Balaban J connectivity index is -0.000000640. The number of imide groups is 1. The molecule has 5 nitrogen and oxygen atoms in total. The molecule has 1 aliphatic heterocycles. The molecule has 1 aliphatic rings. The monoisotopic (exact) mass is 510 g/mol. The average molecular weight is 511 g/mol. The van der Waals surface area contributed by atoms with Crippen molar-refractivity contribution in [3.63, 3.8) is 0 Å². The fourth-order valence-corrected chi connectivity index (χ4v) is 2.82. The van der Waals surface area contributed by atoms with E-state index in [0.717, 1.165) is 21.6 Å². The lowest BCUT2D eigenvalue weighted by atomic mass is 10.00. The van der Waals surface area contributed by atoms with E-state index in [2.05, 4.69) is 46.1 Å². The van der Waals surface area contributed by atoms with E-state index in [-0.39, 0.29) is 26.4 Å². The van der Waals surface area contributed by atoms with Crippen LogP contribution < -0.4 is 5.73 Å². The van der Waals surface area contributed by atoms with Gasteiger partial charge in [-0.3, -0.25) is 4.79 Å². The van der Waals surface area contributed by atoms with Crippen molar-refractivity contribution in [3.05, 3.63) is 96.6 Å². The summed E-state index contributed by atoms with van der Waals surface area (Å²) in [6, 6.07) is 15.6. The first-order valence-electron chi connectivity index (χ1n) is 12.7. The summed E-state index contributed by atoms with van der Waals surface area (Å²) in [7, 11) is 0. The molecule has 2 aromatic rings. The van der Waals surface area contributed by atoms with E-state index >= 15 is 0 Å². The topological polar surface area (TPSA) is 72.6 Å². The molecule has 0 spiro atoms. The number of nitrogens with two attached hydrogens (primary N) is 1. The normalized spacial score (nSPS) is 11.2. The van der Waals surface area contributed by atoms with Gasteiger partial charge in [-0.15, -0.1) is 0 Å². The van der Waals surface area contributed by atoms with Gasteiger partial charge >= 0.3 is 6.09 Å². The molecule has 1 heterocycles. The van der Waals surface area contributed by atoms with Crippen molar-refractivity contribution >= 4 is 23.3 Å². The minimum absolute atomic E-state index is 0. The molecule has 3 rings (SSSR count). The number of nitrogen functional groups attached to an aromatic ring is 1. The van der Waals surface area contributed by atoms with E-state index in [0.29, 0.717) is 12.2 Å². The maximum absolute atomic E-state index is 12.1. The quantitative estimate of drug-likeness (QED) is 0.323. The summed E-state index contributed by atoms with van der Waals surface area (Å²) >= 11 is 0. The minimum atomic E-state index is -0.590. The van der Waals surface area contributed by atoms with Crippen molar-refractivity contribution in [3.8, 4) is 0 Å². The lowest BCUT2D eigenvalue weighted by Crippen LogP contribution is -2.32. The van der Waals surface area contributed by atoms with Crippen LogP contribution in [0.3, 0.4) is 0 Å². The lowest BCUT2D eigenvalue weighted by Gasteiger charge is -2.12. The number of carbonyl (C=O) groups is 2. The predicted octanol–water partition coefficient (Wildman–Crippen LogP) is 8.65. The molecular weight excluding hydrogens is 460 g/mol. The highest BCUT2D eigenvalue weighted by Gasteiger charge is 2.28. The van der Waals surface area contributed by atoms with Crippen LogP contribution in [0.15, 0.2) is 79.9 Å². The number of cyclic esters (lactones) is 1. The molecule has 0 aliphatic carbocycles. The van der Waals surface area contributed by atoms with Crippen LogP contribution in [0.25, 0.3) is 5.57 Å². The Morgan fingerprint density at radius 1 is 1.05 bits per heavy atom. The number of hydrogen-bond donors (Lipinski definition) is 1. The number of amides is 2. The van der Waals surface area contributed by atoms with Crippen LogP contribution >= 0.6 is 0 Å². The van der Waals surface area contributed by atoms with Crippen LogP contribution in [0.5, 0.6) is 0 Å². The standard InChI is InChI=1S/C17H18N2O3.C7H8.C3H8.2C2H6.CH4/c1-3-5-13(4-2)14-8-12(9-15(18)11-14)10-16(20)19-6-7-22-17(19)21;1-7-5-3-2-4-6-7;1-3-2;2*1-2;/h3-5,8-9,11H,1-2,6-7,10,18H2;2-6H,1H3;3H2,1-2H3;2*1-2H3;1H4/b13-5+;;;;;. The number of carbonyl (C=O) groups excluding carboxylic acids is 2. The summed E-state index contributed by atoms with van der Waals surface area (Å²) in [4.78, 5) is 24.7. The highest BCUT2D eigenvalue weighted by molar-refractivity contribution is 5.94. The van der Waals surface area contributed by atoms with Crippen molar-refractivity contribution in [2.24, 2.45) is 0 Å². The largest absolute Gasteiger partial charge is 0.447 e. The molecule has 0 aromatic heterocycles. The number of anilines is 1. The Hall–Kier alpha value is -3.60. The smallest absolute Gasteiger partial charge is 0.416 e. The number of nitrogens with zero attached hydrogens (tertiary/aromatic N) is 1. The average Bonchev–Trinajstić information content (AvgIpc) is 3.32. The summed E-state index contributed by atoms with van der Waals surface area (Å²) in [5, 5.41) is 0. The van der Waals surface area contributed by atoms with E-state index in [1.807, 2.05) is 58.0 Å². The highest BCUT2D eigenvalue weighted by atomic mass is 16.6. The second-order valence-corrected chi connectivity index (χ2v) is 7.22. The Labute approximate surface area is 226 Å². The maximum atomic E-state index is 12.1. The van der Waals surface area contributed by atoms with Gasteiger partial charge in [-0.1, -0.05) is 129 Å². The molecule has 206 valence electrons. The molecule has 2 amide bonds. The fraction of sp³-hybridized carbons (Fsp3) is 0.375. The predicted molar refractivity (Wildman–Crippen MR) is 163 cm³/mol. The lowest BCUT2D eigenvalue weighted by molar-refractivity contribution is -0.127. The second-order valence-electron chi connectivity index (χ2n) is 7.22.